The van der Waals surface area contributed by atoms with Crippen molar-refractivity contribution in [3.8, 4) is 5.82 Å². The SMILES string of the molecule is c1ccc2[nH]c(C3CCCN(c4cncc(-n5cccn5)n4)C3)nc2c1. The third-order valence-corrected chi connectivity index (χ3v) is 4.89. The predicted molar refractivity (Wildman–Crippen MR) is 99.4 cm³/mol. The summed E-state index contributed by atoms with van der Waals surface area (Å²) in [6.07, 6.45) is 9.41. The van der Waals surface area contributed by atoms with E-state index >= 15 is 0 Å². The summed E-state index contributed by atoms with van der Waals surface area (Å²) in [7, 11) is 0. The summed E-state index contributed by atoms with van der Waals surface area (Å²) in [5.41, 5.74) is 2.13. The first kappa shape index (κ1) is 15.1. The van der Waals surface area contributed by atoms with E-state index in [1.807, 2.05) is 30.6 Å². The molecule has 1 N–H and O–H groups in total. The molecule has 7 heteroatoms. The molecule has 0 radical (unpaired) electrons. The number of para-hydroxylation sites is 2. The van der Waals surface area contributed by atoms with Gasteiger partial charge in [-0.3, -0.25) is 4.98 Å². The number of imidazole rings is 1. The van der Waals surface area contributed by atoms with Gasteiger partial charge in [-0.05, 0) is 31.0 Å². The fourth-order valence-electron chi connectivity index (χ4n) is 3.59. The summed E-state index contributed by atoms with van der Waals surface area (Å²) in [4.78, 5) is 19.7. The van der Waals surface area contributed by atoms with Crippen molar-refractivity contribution in [3.63, 3.8) is 0 Å². The number of rotatable bonds is 3. The highest BCUT2D eigenvalue weighted by molar-refractivity contribution is 5.74. The van der Waals surface area contributed by atoms with Gasteiger partial charge in [0.15, 0.2) is 5.82 Å². The van der Waals surface area contributed by atoms with E-state index < -0.39 is 0 Å². The molecule has 3 aromatic heterocycles. The van der Waals surface area contributed by atoms with Crippen LogP contribution in [0.3, 0.4) is 0 Å². The largest absolute Gasteiger partial charge is 0.355 e. The first-order valence-corrected chi connectivity index (χ1v) is 8.88. The van der Waals surface area contributed by atoms with Gasteiger partial charge in [-0.2, -0.15) is 5.10 Å². The summed E-state index contributed by atoms with van der Waals surface area (Å²) in [6, 6.07) is 10.1. The van der Waals surface area contributed by atoms with E-state index in [4.69, 9.17) is 9.97 Å². The average molecular weight is 345 g/mol. The highest BCUT2D eigenvalue weighted by atomic mass is 15.3. The van der Waals surface area contributed by atoms with Gasteiger partial charge in [0, 0.05) is 31.4 Å². The molecule has 1 atom stereocenters. The summed E-state index contributed by atoms with van der Waals surface area (Å²) in [5, 5.41) is 4.24. The van der Waals surface area contributed by atoms with E-state index in [1.165, 1.54) is 0 Å². The van der Waals surface area contributed by atoms with Crippen LogP contribution >= 0.6 is 0 Å². The molecular formula is C19H19N7. The Kier molecular flexibility index (Phi) is 3.62. The highest BCUT2D eigenvalue weighted by Gasteiger charge is 2.25. The van der Waals surface area contributed by atoms with Gasteiger partial charge in [0.25, 0.3) is 0 Å². The molecule has 4 aromatic rings. The molecule has 1 aromatic carbocycles. The monoisotopic (exact) mass is 345 g/mol. The number of benzene rings is 1. The van der Waals surface area contributed by atoms with Gasteiger partial charge in [0.05, 0.1) is 23.4 Å². The Balaban J connectivity index is 1.41. The maximum absolute atomic E-state index is 4.79. The van der Waals surface area contributed by atoms with Crippen LogP contribution in [0.4, 0.5) is 5.82 Å². The molecule has 5 rings (SSSR count). The van der Waals surface area contributed by atoms with Gasteiger partial charge in [-0.1, -0.05) is 12.1 Å². The predicted octanol–water partition coefficient (Wildman–Crippen LogP) is 2.92. The van der Waals surface area contributed by atoms with Crippen LogP contribution in [0.2, 0.25) is 0 Å². The zero-order chi connectivity index (χ0) is 17.3. The maximum Gasteiger partial charge on any atom is 0.173 e. The van der Waals surface area contributed by atoms with Crippen LogP contribution < -0.4 is 4.90 Å². The van der Waals surface area contributed by atoms with Gasteiger partial charge < -0.3 is 9.88 Å². The van der Waals surface area contributed by atoms with Crippen molar-refractivity contribution in [3.05, 3.63) is 60.9 Å². The van der Waals surface area contributed by atoms with Crippen LogP contribution in [0.5, 0.6) is 0 Å². The van der Waals surface area contributed by atoms with Crippen molar-refractivity contribution in [2.75, 3.05) is 18.0 Å². The topological polar surface area (TPSA) is 75.5 Å². The number of nitrogens with zero attached hydrogens (tertiary/aromatic N) is 6. The Labute approximate surface area is 150 Å². The smallest absolute Gasteiger partial charge is 0.173 e. The van der Waals surface area contributed by atoms with Crippen LogP contribution in [-0.4, -0.2) is 42.8 Å². The Morgan fingerprint density at radius 1 is 1.04 bits per heavy atom. The molecule has 0 amide bonds. The zero-order valence-electron chi connectivity index (χ0n) is 14.3. The number of piperidine rings is 1. The van der Waals surface area contributed by atoms with E-state index in [9.17, 15) is 0 Å². The second-order valence-electron chi connectivity index (χ2n) is 6.61. The molecule has 1 aliphatic rings. The Hall–Kier alpha value is -3.22. The maximum atomic E-state index is 4.79. The minimum Gasteiger partial charge on any atom is -0.355 e. The van der Waals surface area contributed by atoms with Gasteiger partial charge in [0.2, 0.25) is 0 Å². The normalized spacial score (nSPS) is 17.7. The number of aromatic amines is 1. The van der Waals surface area contributed by atoms with E-state index in [0.717, 1.165) is 54.4 Å². The van der Waals surface area contributed by atoms with Crippen LogP contribution in [0, 0.1) is 0 Å². The molecule has 1 fully saturated rings. The van der Waals surface area contributed by atoms with Crippen LogP contribution in [-0.2, 0) is 0 Å². The minimum absolute atomic E-state index is 0.367. The van der Waals surface area contributed by atoms with Crippen molar-refractivity contribution in [1.29, 1.82) is 0 Å². The van der Waals surface area contributed by atoms with Gasteiger partial charge in [-0.15, -0.1) is 0 Å². The second kappa shape index (κ2) is 6.25. The fraction of sp³-hybridized carbons (Fsp3) is 0.263. The molecular weight excluding hydrogens is 326 g/mol. The molecule has 1 saturated heterocycles. The van der Waals surface area contributed by atoms with E-state index in [0.29, 0.717) is 5.92 Å². The van der Waals surface area contributed by atoms with Crippen molar-refractivity contribution >= 4 is 16.9 Å². The molecule has 1 aliphatic heterocycles. The molecule has 7 nitrogen and oxygen atoms in total. The van der Waals surface area contributed by atoms with Gasteiger partial charge in [-0.25, -0.2) is 14.6 Å². The molecule has 0 saturated carbocycles. The number of anilines is 1. The average Bonchev–Trinajstić information content (AvgIpc) is 3.38. The summed E-state index contributed by atoms with van der Waals surface area (Å²) in [6.45, 7) is 1.87. The lowest BCUT2D eigenvalue weighted by molar-refractivity contribution is 0.492. The van der Waals surface area contributed by atoms with Crippen LogP contribution in [0.15, 0.2) is 55.1 Å². The van der Waals surface area contributed by atoms with Gasteiger partial charge in [0.1, 0.15) is 11.6 Å². The van der Waals surface area contributed by atoms with Crippen molar-refractivity contribution in [2.45, 2.75) is 18.8 Å². The lowest BCUT2D eigenvalue weighted by Crippen LogP contribution is -2.35. The molecule has 0 bridgehead atoms. The van der Waals surface area contributed by atoms with Crippen LogP contribution in [0.25, 0.3) is 16.9 Å². The third kappa shape index (κ3) is 2.71. The summed E-state index contributed by atoms with van der Waals surface area (Å²) < 4.78 is 1.73. The second-order valence-corrected chi connectivity index (χ2v) is 6.61. The molecule has 4 heterocycles. The number of hydrogen-bond acceptors (Lipinski definition) is 5. The molecule has 0 spiro atoms. The summed E-state index contributed by atoms with van der Waals surface area (Å²) >= 11 is 0. The number of H-pyrrole nitrogens is 1. The lowest BCUT2D eigenvalue weighted by atomic mass is 9.97. The van der Waals surface area contributed by atoms with E-state index in [-0.39, 0.29) is 0 Å². The zero-order valence-corrected chi connectivity index (χ0v) is 14.3. The highest BCUT2D eigenvalue weighted by Crippen LogP contribution is 2.29. The van der Waals surface area contributed by atoms with Crippen molar-refractivity contribution in [1.82, 2.24) is 29.7 Å². The van der Waals surface area contributed by atoms with Gasteiger partial charge >= 0.3 is 0 Å². The summed E-state index contributed by atoms with van der Waals surface area (Å²) in [5.74, 6) is 3.05. The lowest BCUT2D eigenvalue weighted by Gasteiger charge is -2.32. The number of fused-ring (bicyclic) bond motifs is 1. The molecule has 26 heavy (non-hydrogen) atoms. The molecule has 0 aliphatic carbocycles. The Bertz CT molecular complexity index is 988. The van der Waals surface area contributed by atoms with Crippen LogP contribution in [0.1, 0.15) is 24.6 Å². The Morgan fingerprint density at radius 3 is 2.85 bits per heavy atom. The first-order chi connectivity index (χ1) is 12.9. The quantitative estimate of drug-likeness (QED) is 0.618. The van der Waals surface area contributed by atoms with E-state index in [2.05, 4.69) is 32.1 Å². The first-order valence-electron chi connectivity index (χ1n) is 8.88. The number of nitrogens with one attached hydrogen (secondary N) is 1. The fourth-order valence-corrected chi connectivity index (χ4v) is 3.59. The number of aromatic nitrogens is 6. The van der Waals surface area contributed by atoms with Crippen molar-refractivity contribution in [2.24, 2.45) is 0 Å². The molecule has 130 valence electrons. The van der Waals surface area contributed by atoms with E-state index in [1.54, 1.807) is 17.1 Å². The minimum atomic E-state index is 0.367. The Morgan fingerprint density at radius 2 is 1.96 bits per heavy atom. The molecule has 1 unspecified atom stereocenters. The van der Waals surface area contributed by atoms with Crippen molar-refractivity contribution < 1.29 is 0 Å². The number of hydrogen-bond donors (Lipinski definition) is 1. The standard InChI is InChI=1S/C19H19N7/c1-2-7-16-15(6-1)22-19(23-16)14-5-3-9-25(13-14)17-11-20-12-18(24-17)26-10-4-8-21-26/h1-2,4,6-8,10-12,14H,3,5,9,13H2,(H,22,23). The third-order valence-electron chi connectivity index (χ3n) is 4.89.